The van der Waals surface area contributed by atoms with Gasteiger partial charge in [0, 0.05) is 22.6 Å². The molecule has 5 aromatic rings. The SMILES string of the molecule is Cc1cc2c(cc1C)C(c1c(OCc3ccccc3)ccc3ccccc13)c1cc(C)c(C)cc1O2. The lowest BCUT2D eigenvalue weighted by atomic mass is 9.78. The van der Waals surface area contributed by atoms with Crippen LogP contribution >= 0.6 is 0 Å². The van der Waals surface area contributed by atoms with Crippen molar-refractivity contribution in [2.24, 2.45) is 0 Å². The van der Waals surface area contributed by atoms with Crippen molar-refractivity contribution < 1.29 is 9.47 Å². The lowest BCUT2D eigenvalue weighted by Crippen LogP contribution is -2.15. The van der Waals surface area contributed by atoms with E-state index in [-0.39, 0.29) is 5.92 Å². The smallest absolute Gasteiger partial charge is 0.131 e. The summed E-state index contributed by atoms with van der Waals surface area (Å²) in [5.41, 5.74) is 9.73. The minimum absolute atomic E-state index is 0.000719. The van der Waals surface area contributed by atoms with E-state index >= 15 is 0 Å². The molecule has 2 heteroatoms. The fourth-order valence-corrected chi connectivity index (χ4v) is 5.28. The zero-order valence-electron chi connectivity index (χ0n) is 21.3. The summed E-state index contributed by atoms with van der Waals surface area (Å²) < 4.78 is 13.1. The van der Waals surface area contributed by atoms with Crippen molar-refractivity contribution >= 4 is 10.8 Å². The summed E-state index contributed by atoms with van der Waals surface area (Å²) in [6, 6.07) is 32.3. The van der Waals surface area contributed by atoms with Gasteiger partial charge in [0.05, 0.1) is 0 Å². The first-order chi connectivity index (χ1) is 17.5. The van der Waals surface area contributed by atoms with Crippen molar-refractivity contribution in [1.29, 1.82) is 0 Å². The molecule has 0 N–H and O–H groups in total. The molecule has 6 rings (SSSR count). The van der Waals surface area contributed by atoms with Crippen LogP contribution in [-0.2, 0) is 6.61 Å². The summed E-state index contributed by atoms with van der Waals surface area (Å²) in [4.78, 5) is 0. The maximum atomic E-state index is 6.58. The quantitative estimate of drug-likeness (QED) is 0.256. The molecule has 1 heterocycles. The molecule has 0 atom stereocenters. The van der Waals surface area contributed by atoms with Crippen molar-refractivity contribution in [2.45, 2.75) is 40.2 Å². The van der Waals surface area contributed by atoms with Crippen LogP contribution in [0.2, 0.25) is 0 Å². The number of ether oxygens (including phenoxy) is 2. The van der Waals surface area contributed by atoms with Crippen molar-refractivity contribution in [3.8, 4) is 17.2 Å². The van der Waals surface area contributed by atoms with Gasteiger partial charge >= 0.3 is 0 Å². The highest BCUT2D eigenvalue weighted by Gasteiger charge is 2.33. The summed E-state index contributed by atoms with van der Waals surface area (Å²) in [5.74, 6) is 2.78. The molecule has 0 bridgehead atoms. The van der Waals surface area contributed by atoms with Gasteiger partial charge in [0.1, 0.15) is 23.9 Å². The molecule has 0 saturated heterocycles. The molecule has 178 valence electrons. The minimum atomic E-state index is -0.000719. The summed E-state index contributed by atoms with van der Waals surface area (Å²) in [5, 5.41) is 2.42. The molecule has 0 saturated carbocycles. The molecule has 5 aromatic carbocycles. The Morgan fingerprint density at radius 2 is 1.22 bits per heavy atom. The number of fused-ring (bicyclic) bond motifs is 3. The third kappa shape index (κ3) is 3.83. The predicted octanol–water partition coefficient (Wildman–Crippen LogP) is 8.94. The van der Waals surface area contributed by atoms with Crippen LogP contribution in [0.3, 0.4) is 0 Å². The summed E-state index contributed by atoms with van der Waals surface area (Å²) >= 11 is 0. The number of hydrogen-bond acceptors (Lipinski definition) is 2. The van der Waals surface area contributed by atoms with Crippen LogP contribution in [0.5, 0.6) is 17.2 Å². The first-order valence-corrected chi connectivity index (χ1v) is 12.6. The summed E-state index contributed by atoms with van der Waals surface area (Å²) in [6.07, 6.45) is 0. The lowest BCUT2D eigenvalue weighted by molar-refractivity contribution is 0.302. The molecular weight excluding hydrogens is 440 g/mol. The van der Waals surface area contributed by atoms with Crippen LogP contribution < -0.4 is 9.47 Å². The van der Waals surface area contributed by atoms with Crippen molar-refractivity contribution in [2.75, 3.05) is 0 Å². The standard InChI is InChI=1S/C34H30O2/c1-21-16-28-31(18-23(21)3)36-32-19-24(4)22(2)17-29(32)33(28)34-27-13-9-8-12-26(27)14-15-30(34)35-20-25-10-6-5-7-11-25/h5-19,33H,20H2,1-4H3. The van der Waals surface area contributed by atoms with E-state index in [1.165, 1.54) is 49.7 Å². The molecule has 1 aliphatic heterocycles. The topological polar surface area (TPSA) is 18.5 Å². The third-order valence-corrected chi connectivity index (χ3v) is 7.55. The molecule has 1 aliphatic rings. The zero-order valence-corrected chi connectivity index (χ0v) is 21.3. The van der Waals surface area contributed by atoms with Crippen LogP contribution in [0, 0.1) is 27.7 Å². The third-order valence-electron chi connectivity index (χ3n) is 7.55. The number of benzene rings is 5. The van der Waals surface area contributed by atoms with Gasteiger partial charge in [0.15, 0.2) is 0 Å². The monoisotopic (exact) mass is 470 g/mol. The Labute approximate surface area is 213 Å². The summed E-state index contributed by atoms with van der Waals surface area (Å²) in [6.45, 7) is 9.18. The second-order valence-corrected chi connectivity index (χ2v) is 9.96. The molecule has 0 unspecified atom stereocenters. The van der Waals surface area contributed by atoms with Gasteiger partial charge in [0.25, 0.3) is 0 Å². The van der Waals surface area contributed by atoms with Gasteiger partial charge in [-0.1, -0.05) is 72.8 Å². The normalized spacial score (nSPS) is 12.7. The van der Waals surface area contributed by atoms with Gasteiger partial charge in [-0.2, -0.15) is 0 Å². The van der Waals surface area contributed by atoms with E-state index in [1.807, 2.05) is 6.07 Å². The Kier molecular flexibility index (Phi) is 5.53. The van der Waals surface area contributed by atoms with E-state index < -0.39 is 0 Å². The molecule has 0 aromatic heterocycles. The Morgan fingerprint density at radius 1 is 0.639 bits per heavy atom. The lowest BCUT2D eigenvalue weighted by Gasteiger charge is -2.32. The predicted molar refractivity (Wildman–Crippen MR) is 148 cm³/mol. The van der Waals surface area contributed by atoms with Gasteiger partial charge < -0.3 is 9.47 Å². The van der Waals surface area contributed by atoms with Gasteiger partial charge in [-0.05, 0) is 84.5 Å². The maximum Gasteiger partial charge on any atom is 0.131 e. The van der Waals surface area contributed by atoms with Crippen LogP contribution in [0.1, 0.15) is 50.4 Å². The molecule has 0 aliphatic carbocycles. The van der Waals surface area contributed by atoms with Gasteiger partial charge in [0.2, 0.25) is 0 Å². The molecular formula is C34H30O2. The molecule has 36 heavy (non-hydrogen) atoms. The Morgan fingerprint density at radius 3 is 1.89 bits per heavy atom. The Hall–Kier alpha value is -4.04. The first-order valence-electron chi connectivity index (χ1n) is 12.6. The van der Waals surface area contributed by atoms with Crippen molar-refractivity contribution in [3.05, 3.63) is 136 Å². The van der Waals surface area contributed by atoms with E-state index in [4.69, 9.17) is 9.47 Å². The maximum absolute atomic E-state index is 6.58. The average Bonchev–Trinajstić information content (AvgIpc) is 2.89. The van der Waals surface area contributed by atoms with E-state index in [2.05, 4.69) is 113 Å². The number of aryl methyl sites for hydroxylation is 4. The van der Waals surface area contributed by atoms with Crippen LogP contribution in [0.25, 0.3) is 10.8 Å². The molecule has 0 fully saturated rings. The second-order valence-electron chi connectivity index (χ2n) is 9.96. The van der Waals surface area contributed by atoms with Crippen LogP contribution in [0.4, 0.5) is 0 Å². The van der Waals surface area contributed by atoms with Gasteiger partial charge in [-0.15, -0.1) is 0 Å². The molecule has 0 radical (unpaired) electrons. The van der Waals surface area contributed by atoms with Gasteiger partial charge in [-0.25, -0.2) is 0 Å². The van der Waals surface area contributed by atoms with E-state index in [1.54, 1.807) is 0 Å². The minimum Gasteiger partial charge on any atom is -0.489 e. The molecule has 0 amide bonds. The molecule has 2 nitrogen and oxygen atoms in total. The highest BCUT2D eigenvalue weighted by atomic mass is 16.5. The highest BCUT2D eigenvalue weighted by molar-refractivity contribution is 5.90. The van der Waals surface area contributed by atoms with E-state index in [9.17, 15) is 0 Å². The Bertz CT molecular complexity index is 1540. The average molecular weight is 471 g/mol. The highest BCUT2D eigenvalue weighted by Crippen LogP contribution is 2.52. The fourth-order valence-electron chi connectivity index (χ4n) is 5.28. The largest absolute Gasteiger partial charge is 0.489 e. The number of rotatable bonds is 4. The zero-order chi connectivity index (χ0) is 24.8. The first kappa shape index (κ1) is 22.4. The van der Waals surface area contributed by atoms with Crippen LogP contribution in [0.15, 0.2) is 91.0 Å². The fraction of sp³-hybridized carbons (Fsp3) is 0.176. The number of hydrogen-bond donors (Lipinski definition) is 0. The van der Waals surface area contributed by atoms with Gasteiger partial charge in [-0.3, -0.25) is 0 Å². The summed E-state index contributed by atoms with van der Waals surface area (Å²) in [7, 11) is 0. The van der Waals surface area contributed by atoms with Crippen LogP contribution in [-0.4, -0.2) is 0 Å². The van der Waals surface area contributed by atoms with Crippen molar-refractivity contribution in [3.63, 3.8) is 0 Å². The van der Waals surface area contributed by atoms with E-state index in [0.29, 0.717) is 6.61 Å². The van der Waals surface area contributed by atoms with Crippen molar-refractivity contribution in [1.82, 2.24) is 0 Å². The molecule has 0 spiro atoms. The van der Waals surface area contributed by atoms with E-state index in [0.717, 1.165) is 22.8 Å². The second kappa shape index (κ2) is 8.87. The Balaban J connectivity index is 1.62.